The molecule has 0 unspecified atom stereocenters. The molecular weight excluding hydrogens is 471 g/mol. The lowest BCUT2D eigenvalue weighted by Crippen LogP contribution is -2.22. The van der Waals surface area contributed by atoms with Gasteiger partial charge >= 0.3 is 5.97 Å². The fourth-order valence-corrected chi connectivity index (χ4v) is 2.87. The Balaban J connectivity index is 1.71. The van der Waals surface area contributed by atoms with E-state index in [4.69, 9.17) is 14.2 Å². The van der Waals surface area contributed by atoms with Gasteiger partial charge in [0.05, 0.1) is 16.7 Å². The molecule has 27 heavy (non-hydrogen) atoms. The molecule has 0 spiro atoms. The topological polar surface area (TPSA) is 117 Å². The fraction of sp³-hybridized carbons (Fsp3) is 0.176. The highest BCUT2D eigenvalue weighted by Crippen LogP contribution is 2.36. The normalized spacial score (nSPS) is 12.2. The highest BCUT2D eigenvalue weighted by Gasteiger charge is 2.27. The van der Waals surface area contributed by atoms with Gasteiger partial charge in [-0.25, -0.2) is 4.79 Å². The molecule has 0 atom stereocenters. The minimum absolute atomic E-state index is 0.181. The molecule has 1 aliphatic rings. The lowest BCUT2D eigenvalue weighted by molar-refractivity contribution is -0.385. The predicted octanol–water partition coefficient (Wildman–Crippen LogP) is 2.77. The largest absolute Gasteiger partial charge is 0.486 e. The van der Waals surface area contributed by atoms with Gasteiger partial charge in [0.25, 0.3) is 11.6 Å². The number of nitrogens with one attached hydrogen (secondary N) is 1. The number of hydrogen-bond donors (Lipinski definition) is 1. The van der Waals surface area contributed by atoms with Crippen molar-refractivity contribution in [1.82, 2.24) is 0 Å². The maximum Gasteiger partial charge on any atom is 0.345 e. The summed E-state index contributed by atoms with van der Waals surface area (Å²) in [6.07, 6.45) is 0. The molecule has 0 aliphatic carbocycles. The lowest BCUT2D eigenvalue weighted by atomic mass is 10.1. The molecule has 1 heterocycles. The summed E-state index contributed by atoms with van der Waals surface area (Å²) in [6.45, 7) is -0.0702. The molecule has 2 aromatic rings. The van der Waals surface area contributed by atoms with Gasteiger partial charge in [-0.3, -0.25) is 14.9 Å². The molecule has 140 valence electrons. The van der Waals surface area contributed by atoms with Crippen LogP contribution in [0.2, 0.25) is 0 Å². The number of rotatable bonds is 5. The molecular formula is C17H13IN2O7. The molecule has 0 fully saturated rings. The number of halogens is 1. The Morgan fingerprint density at radius 2 is 1.85 bits per heavy atom. The first-order valence-electron chi connectivity index (χ1n) is 7.75. The van der Waals surface area contributed by atoms with E-state index in [0.717, 1.165) is 9.64 Å². The summed E-state index contributed by atoms with van der Waals surface area (Å²) in [5.41, 5.74) is -0.224. The van der Waals surface area contributed by atoms with Crippen molar-refractivity contribution in [3.05, 3.63) is 55.6 Å². The van der Waals surface area contributed by atoms with E-state index in [9.17, 15) is 19.7 Å². The summed E-state index contributed by atoms with van der Waals surface area (Å²) in [4.78, 5) is 34.8. The molecule has 1 aliphatic heterocycles. The maximum atomic E-state index is 12.3. The van der Waals surface area contributed by atoms with Crippen molar-refractivity contribution < 1.29 is 28.7 Å². The molecule has 3 rings (SSSR count). The molecule has 0 bridgehead atoms. The number of para-hydroxylation sites is 1. The van der Waals surface area contributed by atoms with E-state index in [1.54, 1.807) is 18.2 Å². The summed E-state index contributed by atoms with van der Waals surface area (Å²) in [6, 6.07) is 9.37. The number of fused-ring (bicyclic) bond motifs is 1. The van der Waals surface area contributed by atoms with Gasteiger partial charge in [0.1, 0.15) is 18.8 Å². The third-order valence-corrected chi connectivity index (χ3v) is 4.50. The van der Waals surface area contributed by atoms with Crippen LogP contribution in [0, 0.1) is 13.7 Å². The second-order valence-corrected chi connectivity index (χ2v) is 6.54. The Hall–Kier alpha value is -2.89. The van der Waals surface area contributed by atoms with Crippen molar-refractivity contribution in [2.75, 3.05) is 25.1 Å². The number of amides is 1. The van der Waals surface area contributed by atoms with Gasteiger partial charge in [-0.1, -0.05) is 12.1 Å². The van der Waals surface area contributed by atoms with Crippen LogP contribution in [0.15, 0.2) is 36.4 Å². The maximum absolute atomic E-state index is 12.3. The summed E-state index contributed by atoms with van der Waals surface area (Å²) in [5, 5.41) is 13.9. The van der Waals surface area contributed by atoms with E-state index in [2.05, 4.69) is 27.9 Å². The van der Waals surface area contributed by atoms with Crippen molar-refractivity contribution in [2.24, 2.45) is 0 Å². The number of hydrogen-bond acceptors (Lipinski definition) is 7. The molecule has 9 nitrogen and oxygen atoms in total. The van der Waals surface area contributed by atoms with Gasteiger partial charge < -0.3 is 19.5 Å². The third kappa shape index (κ3) is 4.45. The summed E-state index contributed by atoms with van der Waals surface area (Å²) < 4.78 is 16.4. The Bertz CT molecular complexity index is 916. The van der Waals surface area contributed by atoms with Crippen LogP contribution in [0.3, 0.4) is 0 Å². The Morgan fingerprint density at radius 3 is 2.52 bits per heavy atom. The van der Waals surface area contributed by atoms with Crippen molar-refractivity contribution in [2.45, 2.75) is 0 Å². The summed E-state index contributed by atoms with van der Waals surface area (Å²) in [7, 11) is 0. The first-order valence-corrected chi connectivity index (χ1v) is 8.83. The highest BCUT2D eigenvalue weighted by atomic mass is 127. The van der Waals surface area contributed by atoms with Gasteiger partial charge in [-0.15, -0.1) is 0 Å². The Kier molecular flexibility index (Phi) is 5.74. The van der Waals surface area contributed by atoms with Crippen LogP contribution in [0.25, 0.3) is 0 Å². The predicted molar refractivity (Wildman–Crippen MR) is 102 cm³/mol. The fourth-order valence-electron chi connectivity index (χ4n) is 2.35. The van der Waals surface area contributed by atoms with Gasteiger partial charge in [-0.05, 0) is 34.7 Å². The lowest BCUT2D eigenvalue weighted by Gasteiger charge is -2.18. The van der Waals surface area contributed by atoms with Gasteiger partial charge in [-0.2, -0.15) is 0 Å². The smallest absolute Gasteiger partial charge is 0.345 e. The molecule has 1 amide bonds. The zero-order valence-corrected chi connectivity index (χ0v) is 15.9. The number of esters is 1. The van der Waals surface area contributed by atoms with Crippen LogP contribution in [-0.2, 0) is 9.53 Å². The van der Waals surface area contributed by atoms with Crippen molar-refractivity contribution in [3.63, 3.8) is 0 Å². The molecule has 1 N–H and O–H groups in total. The quantitative estimate of drug-likeness (QED) is 0.300. The standard InChI is InChI=1S/C17H13IN2O7/c18-11-3-1-2-4-12(11)19-16(21)9-27-17(22)10-7-14-15(26-6-5-25-14)8-13(10)20(23)24/h1-4,7-8H,5-6,9H2,(H,19,21). The second-order valence-electron chi connectivity index (χ2n) is 5.37. The molecule has 10 heteroatoms. The van der Waals surface area contributed by atoms with Crippen LogP contribution < -0.4 is 14.8 Å². The number of benzene rings is 2. The molecule has 2 aromatic carbocycles. The highest BCUT2D eigenvalue weighted by molar-refractivity contribution is 14.1. The van der Waals surface area contributed by atoms with Crippen LogP contribution in [-0.4, -0.2) is 36.6 Å². The van der Waals surface area contributed by atoms with Gasteiger partial charge in [0, 0.05) is 9.64 Å². The summed E-state index contributed by atoms with van der Waals surface area (Å²) >= 11 is 2.05. The van der Waals surface area contributed by atoms with Crippen molar-refractivity contribution in [1.29, 1.82) is 0 Å². The average molecular weight is 484 g/mol. The van der Waals surface area contributed by atoms with Crippen molar-refractivity contribution in [3.8, 4) is 11.5 Å². The van der Waals surface area contributed by atoms with Crippen LogP contribution in [0.1, 0.15) is 10.4 Å². The molecule has 0 saturated heterocycles. The van der Waals surface area contributed by atoms with E-state index in [1.807, 2.05) is 6.07 Å². The van der Waals surface area contributed by atoms with Crippen LogP contribution in [0.5, 0.6) is 11.5 Å². The van der Waals surface area contributed by atoms with E-state index >= 15 is 0 Å². The number of nitro benzene ring substituents is 1. The Labute approximate surface area is 166 Å². The number of carbonyl (C=O) groups is 2. The average Bonchev–Trinajstić information content (AvgIpc) is 2.66. The third-order valence-electron chi connectivity index (χ3n) is 3.56. The minimum Gasteiger partial charge on any atom is -0.486 e. The Morgan fingerprint density at radius 1 is 1.19 bits per heavy atom. The first-order chi connectivity index (χ1) is 13.0. The van der Waals surface area contributed by atoms with E-state index < -0.39 is 29.1 Å². The number of nitrogens with zero attached hydrogens (tertiary/aromatic N) is 1. The molecule has 0 saturated carbocycles. The molecule has 0 aromatic heterocycles. The molecule has 0 radical (unpaired) electrons. The van der Waals surface area contributed by atoms with Gasteiger partial charge in [0.2, 0.25) is 0 Å². The first kappa shape index (κ1) is 18.9. The second kappa shape index (κ2) is 8.20. The zero-order chi connectivity index (χ0) is 19.4. The number of anilines is 1. The van der Waals surface area contributed by atoms with E-state index in [1.165, 1.54) is 6.07 Å². The van der Waals surface area contributed by atoms with Crippen LogP contribution in [0.4, 0.5) is 11.4 Å². The zero-order valence-electron chi connectivity index (χ0n) is 13.8. The van der Waals surface area contributed by atoms with Crippen molar-refractivity contribution >= 4 is 45.8 Å². The SMILES string of the molecule is O=C(COC(=O)c1cc2c(cc1[N+](=O)[O-])OCCO2)Nc1ccccc1I. The summed E-state index contributed by atoms with van der Waals surface area (Å²) in [5.74, 6) is -1.17. The minimum atomic E-state index is -1.00. The monoisotopic (exact) mass is 484 g/mol. The number of ether oxygens (including phenoxy) is 3. The number of nitro groups is 1. The number of carbonyl (C=O) groups excluding carboxylic acids is 2. The van der Waals surface area contributed by atoms with Crippen LogP contribution >= 0.6 is 22.6 Å². The van der Waals surface area contributed by atoms with E-state index in [-0.39, 0.29) is 30.3 Å². The van der Waals surface area contributed by atoms with E-state index in [0.29, 0.717) is 5.69 Å². The van der Waals surface area contributed by atoms with Gasteiger partial charge in [0.15, 0.2) is 18.1 Å².